The highest BCUT2D eigenvalue weighted by Gasteiger charge is 2.50. The summed E-state index contributed by atoms with van der Waals surface area (Å²) in [4.78, 5) is 23.9. The number of carbonyl (C=O) groups is 2. The van der Waals surface area contributed by atoms with Gasteiger partial charge in [0.05, 0.1) is 17.0 Å². The zero-order valence-corrected chi connectivity index (χ0v) is 15.7. The number of ketones is 1. The SMILES string of the molecule is CC(=O)c1cccc(S(=O)(=O)N2CCCC3(C2)OC(=O)c2ccccc23)c1. The molecule has 0 radical (unpaired) electrons. The molecule has 4 rings (SSSR count). The average Bonchev–Trinajstić information content (AvgIpc) is 2.93. The van der Waals surface area contributed by atoms with Gasteiger partial charge in [-0.2, -0.15) is 4.31 Å². The lowest BCUT2D eigenvalue weighted by Crippen LogP contribution is -2.48. The van der Waals surface area contributed by atoms with Gasteiger partial charge in [-0.1, -0.05) is 30.3 Å². The molecule has 1 spiro atoms. The number of esters is 1. The van der Waals surface area contributed by atoms with Crippen molar-refractivity contribution in [3.8, 4) is 0 Å². The molecule has 2 aliphatic rings. The zero-order valence-electron chi connectivity index (χ0n) is 14.8. The molecular formula is C20H19NO5S. The third-order valence-corrected chi connectivity index (χ3v) is 7.07. The van der Waals surface area contributed by atoms with Crippen LogP contribution in [0.2, 0.25) is 0 Å². The van der Waals surface area contributed by atoms with E-state index in [0.717, 1.165) is 5.56 Å². The van der Waals surface area contributed by atoms with Gasteiger partial charge in [0, 0.05) is 17.7 Å². The Balaban J connectivity index is 1.71. The van der Waals surface area contributed by atoms with Crippen molar-refractivity contribution in [2.75, 3.05) is 13.1 Å². The molecule has 1 fully saturated rings. The summed E-state index contributed by atoms with van der Waals surface area (Å²) in [5.41, 5.74) is 0.639. The summed E-state index contributed by atoms with van der Waals surface area (Å²) in [6.45, 7) is 1.81. The molecule has 1 atom stereocenters. The fourth-order valence-electron chi connectivity index (χ4n) is 3.86. The zero-order chi connectivity index (χ0) is 19.2. The highest BCUT2D eigenvalue weighted by atomic mass is 32.2. The molecule has 0 aliphatic carbocycles. The van der Waals surface area contributed by atoms with Crippen molar-refractivity contribution in [1.29, 1.82) is 0 Å². The molecule has 7 heteroatoms. The first-order valence-corrected chi connectivity index (χ1v) is 10.2. The van der Waals surface area contributed by atoms with Gasteiger partial charge in [-0.05, 0) is 38.0 Å². The highest BCUT2D eigenvalue weighted by molar-refractivity contribution is 7.89. The molecule has 2 heterocycles. The van der Waals surface area contributed by atoms with E-state index in [0.29, 0.717) is 30.5 Å². The van der Waals surface area contributed by atoms with Crippen molar-refractivity contribution in [2.24, 2.45) is 0 Å². The van der Waals surface area contributed by atoms with Gasteiger partial charge in [-0.15, -0.1) is 0 Å². The normalized spacial score (nSPS) is 22.5. The number of piperidine rings is 1. The Labute approximate surface area is 157 Å². The Morgan fingerprint density at radius 3 is 2.70 bits per heavy atom. The third-order valence-electron chi connectivity index (χ3n) is 5.22. The van der Waals surface area contributed by atoms with Crippen molar-refractivity contribution in [3.63, 3.8) is 0 Å². The number of fused-ring (bicyclic) bond motifs is 2. The van der Waals surface area contributed by atoms with Gasteiger partial charge in [0.1, 0.15) is 0 Å². The number of hydrogen-bond donors (Lipinski definition) is 0. The molecule has 1 unspecified atom stereocenters. The average molecular weight is 385 g/mol. The Morgan fingerprint density at radius 2 is 1.93 bits per heavy atom. The van der Waals surface area contributed by atoms with Gasteiger partial charge in [0.2, 0.25) is 10.0 Å². The maximum atomic E-state index is 13.2. The molecule has 2 aliphatic heterocycles. The summed E-state index contributed by atoms with van der Waals surface area (Å²) in [6.07, 6.45) is 1.16. The molecule has 1 saturated heterocycles. The Hall–Kier alpha value is -2.51. The Bertz CT molecular complexity index is 1050. The molecule has 0 amide bonds. The van der Waals surface area contributed by atoms with Gasteiger partial charge < -0.3 is 4.74 Å². The number of rotatable bonds is 3. The van der Waals surface area contributed by atoms with Gasteiger partial charge in [0.25, 0.3) is 0 Å². The second-order valence-electron chi connectivity index (χ2n) is 6.96. The lowest BCUT2D eigenvalue weighted by molar-refractivity contribution is -0.0345. The minimum absolute atomic E-state index is 0.0718. The maximum absolute atomic E-state index is 13.2. The van der Waals surface area contributed by atoms with Crippen molar-refractivity contribution in [2.45, 2.75) is 30.3 Å². The molecule has 0 N–H and O–H groups in total. The number of sulfonamides is 1. The summed E-state index contributed by atoms with van der Waals surface area (Å²) < 4.78 is 33.4. The number of nitrogens with zero attached hydrogens (tertiary/aromatic N) is 1. The molecule has 2 aromatic carbocycles. The molecular weight excluding hydrogens is 366 g/mol. The lowest BCUT2D eigenvalue weighted by atomic mass is 9.86. The van der Waals surface area contributed by atoms with Gasteiger partial charge >= 0.3 is 5.97 Å². The first-order chi connectivity index (χ1) is 12.8. The first-order valence-electron chi connectivity index (χ1n) is 8.77. The lowest BCUT2D eigenvalue weighted by Gasteiger charge is -2.38. The van der Waals surface area contributed by atoms with Crippen molar-refractivity contribution >= 4 is 21.8 Å². The van der Waals surface area contributed by atoms with Crippen LogP contribution >= 0.6 is 0 Å². The fourth-order valence-corrected chi connectivity index (χ4v) is 5.44. The summed E-state index contributed by atoms with van der Waals surface area (Å²) in [7, 11) is -3.81. The van der Waals surface area contributed by atoms with E-state index in [9.17, 15) is 18.0 Å². The van der Waals surface area contributed by atoms with E-state index in [1.165, 1.54) is 23.4 Å². The van der Waals surface area contributed by atoms with Crippen LogP contribution in [-0.4, -0.2) is 37.6 Å². The fraction of sp³-hybridized carbons (Fsp3) is 0.300. The van der Waals surface area contributed by atoms with Crippen LogP contribution in [0.15, 0.2) is 53.4 Å². The molecule has 27 heavy (non-hydrogen) atoms. The van der Waals surface area contributed by atoms with E-state index in [1.54, 1.807) is 24.3 Å². The largest absolute Gasteiger partial charge is 0.449 e. The van der Waals surface area contributed by atoms with Crippen LogP contribution in [0.1, 0.15) is 46.0 Å². The van der Waals surface area contributed by atoms with Gasteiger partial charge in [-0.3, -0.25) is 4.79 Å². The van der Waals surface area contributed by atoms with E-state index in [1.807, 2.05) is 12.1 Å². The summed E-state index contributed by atoms with van der Waals surface area (Å²) >= 11 is 0. The third kappa shape index (κ3) is 2.87. The number of Topliss-reactive ketones (excluding diaryl/α,β-unsaturated/α-hetero) is 1. The van der Waals surface area contributed by atoms with Crippen LogP contribution in [0.4, 0.5) is 0 Å². The van der Waals surface area contributed by atoms with E-state index >= 15 is 0 Å². The monoisotopic (exact) mass is 385 g/mol. The van der Waals surface area contributed by atoms with E-state index in [-0.39, 0.29) is 17.2 Å². The summed E-state index contributed by atoms with van der Waals surface area (Å²) in [5.74, 6) is -0.607. The minimum Gasteiger partial charge on any atom is -0.449 e. The van der Waals surface area contributed by atoms with Gasteiger partial charge in [-0.25, -0.2) is 13.2 Å². The Morgan fingerprint density at radius 1 is 1.15 bits per heavy atom. The minimum atomic E-state index is -3.81. The number of ether oxygens (including phenoxy) is 1. The van der Waals surface area contributed by atoms with E-state index in [2.05, 4.69) is 0 Å². The quantitative estimate of drug-likeness (QED) is 0.599. The van der Waals surface area contributed by atoms with Gasteiger partial charge in [0.15, 0.2) is 11.4 Å². The highest BCUT2D eigenvalue weighted by Crippen LogP contribution is 2.43. The topological polar surface area (TPSA) is 80.8 Å². The predicted molar refractivity (Wildman–Crippen MR) is 98.0 cm³/mol. The maximum Gasteiger partial charge on any atom is 0.339 e. The molecule has 0 saturated carbocycles. The van der Waals surface area contributed by atoms with E-state index < -0.39 is 21.6 Å². The van der Waals surface area contributed by atoms with Crippen molar-refractivity contribution in [1.82, 2.24) is 4.31 Å². The van der Waals surface area contributed by atoms with Crippen LogP contribution in [-0.2, 0) is 20.4 Å². The van der Waals surface area contributed by atoms with Crippen LogP contribution in [0.25, 0.3) is 0 Å². The Kier molecular flexibility index (Phi) is 4.16. The van der Waals surface area contributed by atoms with E-state index in [4.69, 9.17) is 4.74 Å². The van der Waals surface area contributed by atoms with Crippen molar-refractivity contribution in [3.05, 3.63) is 65.2 Å². The smallest absolute Gasteiger partial charge is 0.339 e. The molecule has 6 nitrogen and oxygen atoms in total. The summed E-state index contributed by atoms with van der Waals surface area (Å²) in [5, 5.41) is 0. The second-order valence-corrected chi connectivity index (χ2v) is 8.89. The van der Waals surface area contributed by atoms with Crippen LogP contribution in [0.3, 0.4) is 0 Å². The molecule has 140 valence electrons. The molecule has 0 aromatic heterocycles. The number of hydrogen-bond acceptors (Lipinski definition) is 5. The predicted octanol–water partition coefficient (Wildman–Crippen LogP) is 2.74. The number of benzene rings is 2. The van der Waals surface area contributed by atoms with Crippen LogP contribution in [0, 0.1) is 0 Å². The molecule has 2 aromatic rings. The summed E-state index contributed by atoms with van der Waals surface area (Å²) in [6, 6.07) is 13.2. The number of carbonyl (C=O) groups excluding carboxylic acids is 2. The standard InChI is InChI=1S/C20H19NO5S/c1-14(22)15-6-4-7-16(12-15)27(24,25)21-11-5-10-20(13-21)18-9-3-2-8-17(18)19(23)26-20/h2-4,6-9,12H,5,10-11,13H2,1H3. The van der Waals surface area contributed by atoms with Crippen LogP contribution in [0.5, 0.6) is 0 Å². The molecule has 0 bridgehead atoms. The first kappa shape index (κ1) is 17.9. The van der Waals surface area contributed by atoms with Crippen LogP contribution < -0.4 is 0 Å². The van der Waals surface area contributed by atoms with Crippen molar-refractivity contribution < 1.29 is 22.7 Å². The second kappa shape index (κ2) is 6.28.